The SMILES string of the molecule is COc1ccccc1Cc1cn(C)c2ccc(C(=O)NCC3CCCC3)cc12. The predicted molar refractivity (Wildman–Crippen MR) is 113 cm³/mol. The van der Waals surface area contributed by atoms with E-state index in [2.05, 4.69) is 22.1 Å². The van der Waals surface area contributed by atoms with Gasteiger partial charge in [-0.05, 0) is 54.2 Å². The van der Waals surface area contributed by atoms with Crippen LogP contribution in [0.2, 0.25) is 0 Å². The number of aromatic nitrogens is 1. The van der Waals surface area contributed by atoms with Crippen molar-refractivity contribution in [1.82, 2.24) is 9.88 Å². The van der Waals surface area contributed by atoms with Crippen molar-refractivity contribution in [2.24, 2.45) is 13.0 Å². The molecule has 0 unspecified atom stereocenters. The zero-order chi connectivity index (χ0) is 19.5. The summed E-state index contributed by atoms with van der Waals surface area (Å²) in [4.78, 5) is 12.7. The maximum absolute atomic E-state index is 12.7. The van der Waals surface area contributed by atoms with Gasteiger partial charge in [0.25, 0.3) is 5.91 Å². The Balaban J connectivity index is 1.59. The minimum absolute atomic E-state index is 0.0286. The summed E-state index contributed by atoms with van der Waals surface area (Å²) < 4.78 is 7.63. The molecule has 1 N–H and O–H groups in total. The molecule has 2 aromatic carbocycles. The molecule has 4 rings (SSSR count). The van der Waals surface area contributed by atoms with Crippen LogP contribution in [0.15, 0.2) is 48.7 Å². The molecular weight excluding hydrogens is 348 g/mol. The van der Waals surface area contributed by atoms with Crippen molar-refractivity contribution in [1.29, 1.82) is 0 Å². The van der Waals surface area contributed by atoms with Crippen molar-refractivity contribution < 1.29 is 9.53 Å². The van der Waals surface area contributed by atoms with E-state index in [9.17, 15) is 4.79 Å². The molecule has 1 saturated carbocycles. The molecule has 1 heterocycles. The molecule has 0 saturated heterocycles. The molecule has 0 aliphatic heterocycles. The number of hydrogen-bond acceptors (Lipinski definition) is 2. The van der Waals surface area contributed by atoms with Gasteiger partial charge in [0, 0.05) is 42.7 Å². The van der Waals surface area contributed by atoms with Crippen LogP contribution in [0.1, 0.15) is 47.2 Å². The number of methoxy groups -OCH3 is 1. The predicted octanol–water partition coefficient (Wildman–Crippen LogP) is 4.70. The average molecular weight is 377 g/mol. The molecule has 1 fully saturated rings. The molecular formula is C24H28N2O2. The third-order valence-electron chi connectivity index (χ3n) is 5.93. The summed E-state index contributed by atoms with van der Waals surface area (Å²) in [6.07, 6.45) is 7.99. The summed E-state index contributed by atoms with van der Waals surface area (Å²) in [5.74, 6) is 1.57. The lowest BCUT2D eigenvalue weighted by atomic mass is 10.0. The number of aryl methyl sites for hydroxylation is 1. The van der Waals surface area contributed by atoms with E-state index in [0.717, 1.165) is 40.7 Å². The van der Waals surface area contributed by atoms with Gasteiger partial charge in [-0.15, -0.1) is 0 Å². The van der Waals surface area contributed by atoms with E-state index in [1.54, 1.807) is 7.11 Å². The maximum Gasteiger partial charge on any atom is 0.251 e. The molecule has 146 valence electrons. The van der Waals surface area contributed by atoms with Crippen LogP contribution in [0.5, 0.6) is 5.75 Å². The number of nitrogens with one attached hydrogen (secondary N) is 1. The smallest absolute Gasteiger partial charge is 0.251 e. The molecule has 4 nitrogen and oxygen atoms in total. The van der Waals surface area contributed by atoms with Gasteiger partial charge in [-0.1, -0.05) is 31.0 Å². The zero-order valence-corrected chi connectivity index (χ0v) is 16.7. The molecule has 0 radical (unpaired) electrons. The molecule has 0 atom stereocenters. The number of carbonyl (C=O) groups is 1. The van der Waals surface area contributed by atoms with Crippen LogP contribution in [-0.4, -0.2) is 24.1 Å². The number of fused-ring (bicyclic) bond motifs is 1. The zero-order valence-electron chi connectivity index (χ0n) is 16.7. The fourth-order valence-corrected chi connectivity index (χ4v) is 4.36. The van der Waals surface area contributed by atoms with E-state index in [1.165, 1.54) is 31.2 Å². The van der Waals surface area contributed by atoms with E-state index in [4.69, 9.17) is 4.74 Å². The monoisotopic (exact) mass is 376 g/mol. The topological polar surface area (TPSA) is 43.3 Å². The van der Waals surface area contributed by atoms with E-state index < -0.39 is 0 Å². The standard InChI is InChI=1S/C24H28N2O2/c1-26-16-20(13-18-9-5-6-10-23(18)28-2)21-14-19(11-12-22(21)26)24(27)25-15-17-7-3-4-8-17/h5-6,9-12,14,16-17H,3-4,7-8,13,15H2,1-2H3,(H,25,27). The Morgan fingerprint density at radius 3 is 2.71 bits per heavy atom. The lowest BCUT2D eigenvalue weighted by molar-refractivity contribution is 0.0947. The number of carbonyl (C=O) groups excluding carboxylic acids is 1. The molecule has 1 aliphatic rings. The highest BCUT2D eigenvalue weighted by atomic mass is 16.5. The van der Waals surface area contributed by atoms with Gasteiger partial charge in [0.1, 0.15) is 5.75 Å². The van der Waals surface area contributed by atoms with E-state index >= 15 is 0 Å². The van der Waals surface area contributed by atoms with E-state index in [-0.39, 0.29) is 5.91 Å². The van der Waals surface area contributed by atoms with Crippen molar-refractivity contribution in [3.63, 3.8) is 0 Å². The highest BCUT2D eigenvalue weighted by molar-refractivity contribution is 5.99. The van der Waals surface area contributed by atoms with Crippen molar-refractivity contribution in [3.05, 3.63) is 65.4 Å². The summed E-state index contributed by atoms with van der Waals surface area (Å²) in [6, 6.07) is 14.1. The number of nitrogens with zero attached hydrogens (tertiary/aromatic N) is 1. The second-order valence-corrected chi connectivity index (χ2v) is 7.85. The van der Waals surface area contributed by atoms with Crippen LogP contribution in [0, 0.1) is 5.92 Å². The quantitative estimate of drug-likeness (QED) is 0.678. The number of benzene rings is 2. The minimum atomic E-state index is 0.0286. The average Bonchev–Trinajstić information content (AvgIpc) is 3.35. The van der Waals surface area contributed by atoms with Crippen molar-refractivity contribution >= 4 is 16.8 Å². The van der Waals surface area contributed by atoms with E-state index in [1.807, 2.05) is 43.4 Å². The van der Waals surface area contributed by atoms with Gasteiger partial charge in [-0.3, -0.25) is 4.79 Å². The first-order chi connectivity index (χ1) is 13.7. The lowest BCUT2D eigenvalue weighted by Crippen LogP contribution is -2.28. The Hall–Kier alpha value is -2.75. The number of ether oxygens (including phenoxy) is 1. The Morgan fingerprint density at radius 1 is 1.14 bits per heavy atom. The van der Waals surface area contributed by atoms with E-state index in [0.29, 0.717) is 5.92 Å². The van der Waals surface area contributed by atoms with Crippen molar-refractivity contribution in [2.75, 3.05) is 13.7 Å². The fourth-order valence-electron chi connectivity index (χ4n) is 4.36. The molecule has 0 spiro atoms. The number of amides is 1. The summed E-state index contributed by atoms with van der Waals surface area (Å²) in [6.45, 7) is 0.791. The maximum atomic E-state index is 12.7. The van der Waals surface area contributed by atoms with Gasteiger partial charge in [0.15, 0.2) is 0 Å². The summed E-state index contributed by atoms with van der Waals surface area (Å²) in [5, 5.41) is 4.26. The summed E-state index contributed by atoms with van der Waals surface area (Å²) in [5.41, 5.74) is 4.22. The highest BCUT2D eigenvalue weighted by Crippen LogP contribution is 2.28. The van der Waals surface area contributed by atoms with Gasteiger partial charge in [0.2, 0.25) is 0 Å². The van der Waals surface area contributed by atoms with Gasteiger partial charge in [-0.25, -0.2) is 0 Å². The summed E-state index contributed by atoms with van der Waals surface area (Å²) >= 11 is 0. The number of para-hydroxylation sites is 1. The Morgan fingerprint density at radius 2 is 1.93 bits per heavy atom. The van der Waals surface area contributed by atoms with Crippen LogP contribution in [0.4, 0.5) is 0 Å². The Bertz CT molecular complexity index is 983. The van der Waals surface area contributed by atoms with Crippen molar-refractivity contribution in [2.45, 2.75) is 32.1 Å². The number of hydrogen-bond donors (Lipinski definition) is 1. The van der Waals surface area contributed by atoms with Crippen LogP contribution in [0.25, 0.3) is 10.9 Å². The number of rotatable bonds is 6. The van der Waals surface area contributed by atoms with Gasteiger partial charge < -0.3 is 14.6 Å². The Labute approximate surface area is 166 Å². The second-order valence-electron chi connectivity index (χ2n) is 7.85. The molecule has 28 heavy (non-hydrogen) atoms. The molecule has 3 aromatic rings. The lowest BCUT2D eigenvalue weighted by Gasteiger charge is -2.11. The second kappa shape index (κ2) is 8.09. The molecule has 4 heteroatoms. The molecule has 0 bridgehead atoms. The highest BCUT2D eigenvalue weighted by Gasteiger charge is 2.17. The third kappa shape index (κ3) is 3.77. The van der Waals surface area contributed by atoms with Crippen LogP contribution < -0.4 is 10.1 Å². The minimum Gasteiger partial charge on any atom is -0.496 e. The first-order valence-electron chi connectivity index (χ1n) is 10.1. The van der Waals surface area contributed by atoms with Crippen molar-refractivity contribution in [3.8, 4) is 5.75 Å². The molecule has 1 amide bonds. The van der Waals surface area contributed by atoms with Crippen LogP contribution in [0.3, 0.4) is 0 Å². The van der Waals surface area contributed by atoms with Crippen LogP contribution in [-0.2, 0) is 13.5 Å². The first-order valence-corrected chi connectivity index (χ1v) is 10.1. The third-order valence-corrected chi connectivity index (χ3v) is 5.93. The Kier molecular flexibility index (Phi) is 5.38. The normalized spacial score (nSPS) is 14.5. The summed E-state index contributed by atoms with van der Waals surface area (Å²) in [7, 11) is 3.75. The fraction of sp³-hybridized carbons (Fsp3) is 0.375. The largest absolute Gasteiger partial charge is 0.496 e. The first kappa shape index (κ1) is 18.6. The van der Waals surface area contributed by atoms with Gasteiger partial charge in [-0.2, -0.15) is 0 Å². The molecule has 1 aliphatic carbocycles. The van der Waals surface area contributed by atoms with Crippen LogP contribution >= 0.6 is 0 Å². The molecule has 1 aromatic heterocycles. The van der Waals surface area contributed by atoms with Gasteiger partial charge in [0.05, 0.1) is 7.11 Å². The van der Waals surface area contributed by atoms with Gasteiger partial charge >= 0.3 is 0 Å².